The van der Waals surface area contributed by atoms with Crippen molar-refractivity contribution in [3.63, 3.8) is 0 Å². The van der Waals surface area contributed by atoms with Gasteiger partial charge in [0.05, 0.1) is 20.2 Å². The van der Waals surface area contributed by atoms with E-state index < -0.39 is 0 Å². The summed E-state index contributed by atoms with van der Waals surface area (Å²) in [5.41, 5.74) is 0.730. The first kappa shape index (κ1) is 20.6. The molecule has 0 saturated carbocycles. The topological polar surface area (TPSA) is 65.9 Å². The Morgan fingerprint density at radius 2 is 2.04 bits per heavy atom. The van der Waals surface area contributed by atoms with Gasteiger partial charge >= 0.3 is 0 Å². The Morgan fingerprint density at radius 1 is 1.25 bits per heavy atom. The van der Waals surface area contributed by atoms with E-state index in [0.29, 0.717) is 12.3 Å². The Labute approximate surface area is 164 Å². The van der Waals surface area contributed by atoms with Crippen LogP contribution in [0.15, 0.2) is 35.3 Å². The van der Waals surface area contributed by atoms with Crippen LogP contribution in [-0.2, 0) is 13.1 Å². The van der Waals surface area contributed by atoms with Gasteiger partial charge in [-0.05, 0) is 44.2 Å². The molecule has 0 atom stereocenters. The van der Waals surface area contributed by atoms with E-state index in [9.17, 15) is 5.11 Å². The van der Waals surface area contributed by atoms with Crippen molar-refractivity contribution in [1.29, 1.82) is 0 Å². The van der Waals surface area contributed by atoms with Crippen LogP contribution in [0.4, 0.5) is 0 Å². The van der Waals surface area contributed by atoms with Gasteiger partial charge in [-0.2, -0.15) is 0 Å². The SMILES string of the molecule is CCNC(=NCc1cc(OC)ccc1O)NCc1ccc(C)s1.I. The number of aliphatic imine (C=N–C) groups is 1. The van der Waals surface area contributed by atoms with Gasteiger partial charge in [0.25, 0.3) is 0 Å². The smallest absolute Gasteiger partial charge is 0.191 e. The van der Waals surface area contributed by atoms with E-state index in [-0.39, 0.29) is 29.7 Å². The van der Waals surface area contributed by atoms with Gasteiger partial charge in [-0.3, -0.25) is 0 Å². The molecule has 0 radical (unpaired) electrons. The molecule has 0 unspecified atom stereocenters. The molecule has 7 heteroatoms. The average Bonchev–Trinajstić information content (AvgIpc) is 2.97. The minimum Gasteiger partial charge on any atom is -0.508 e. The molecule has 24 heavy (non-hydrogen) atoms. The van der Waals surface area contributed by atoms with Crippen LogP contribution in [0, 0.1) is 6.92 Å². The number of benzene rings is 1. The molecule has 0 saturated heterocycles. The molecule has 0 amide bonds. The van der Waals surface area contributed by atoms with Gasteiger partial charge in [-0.25, -0.2) is 4.99 Å². The number of nitrogens with zero attached hydrogens (tertiary/aromatic N) is 1. The molecular formula is C17H24IN3O2S. The van der Waals surface area contributed by atoms with Crippen LogP contribution in [0.5, 0.6) is 11.5 Å². The molecule has 0 spiro atoms. The molecule has 1 aromatic heterocycles. The lowest BCUT2D eigenvalue weighted by Gasteiger charge is -2.11. The number of hydrogen-bond donors (Lipinski definition) is 3. The van der Waals surface area contributed by atoms with Crippen molar-refractivity contribution >= 4 is 41.3 Å². The maximum Gasteiger partial charge on any atom is 0.191 e. The number of aromatic hydroxyl groups is 1. The fourth-order valence-corrected chi connectivity index (χ4v) is 2.90. The molecular weight excluding hydrogens is 437 g/mol. The zero-order valence-corrected chi connectivity index (χ0v) is 17.3. The van der Waals surface area contributed by atoms with E-state index in [2.05, 4.69) is 34.7 Å². The lowest BCUT2D eigenvalue weighted by atomic mass is 10.2. The molecule has 0 bridgehead atoms. The van der Waals surface area contributed by atoms with Crippen molar-refractivity contribution < 1.29 is 9.84 Å². The molecule has 0 aliphatic heterocycles. The van der Waals surface area contributed by atoms with Crippen LogP contribution in [0.25, 0.3) is 0 Å². The van der Waals surface area contributed by atoms with Crippen LogP contribution in [0.1, 0.15) is 22.2 Å². The van der Waals surface area contributed by atoms with Crippen molar-refractivity contribution in [2.24, 2.45) is 4.99 Å². The highest BCUT2D eigenvalue weighted by atomic mass is 127. The molecule has 0 fully saturated rings. The molecule has 2 aromatic rings. The van der Waals surface area contributed by atoms with Gasteiger partial charge in [-0.1, -0.05) is 0 Å². The molecule has 2 rings (SSSR count). The molecule has 0 aliphatic carbocycles. The van der Waals surface area contributed by atoms with Crippen LogP contribution < -0.4 is 15.4 Å². The Balaban J connectivity index is 0.00000288. The number of halogens is 1. The molecule has 5 nitrogen and oxygen atoms in total. The summed E-state index contributed by atoms with van der Waals surface area (Å²) in [6.45, 7) is 6.00. The summed E-state index contributed by atoms with van der Waals surface area (Å²) in [7, 11) is 1.61. The number of methoxy groups -OCH3 is 1. The third kappa shape index (κ3) is 6.20. The quantitative estimate of drug-likeness (QED) is 0.349. The van der Waals surface area contributed by atoms with Gasteiger partial charge in [-0.15, -0.1) is 35.3 Å². The summed E-state index contributed by atoms with van der Waals surface area (Å²) in [6.07, 6.45) is 0. The Morgan fingerprint density at radius 3 is 2.67 bits per heavy atom. The van der Waals surface area contributed by atoms with Crippen LogP contribution in [-0.4, -0.2) is 24.7 Å². The van der Waals surface area contributed by atoms with Gasteiger partial charge < -0.3 is 20.5 Å². The van der Waals surface area contributed by atoms with Gasteiger partial charge in [0.15, 0.2) is 5.96 Å². The maximum atomic E-state index is 9.92. The van der Waals surface area contributed by atoms with Crippen molar-refractivity contribution in [2.45, 2.75) is 26.9 Å². The number of phenolic OH excluding ortho intramolecular Hbond substituents is 1. The third-order valence-corrected chi connectivity index (χ3v) is 4.27. The Hall–Kier alpha value is -1.48. The summed E-state index contributed by atoms with van der Waals surface area (Å²) in [6, 6.07) is 9.37. The number of thiophene rings is 1. The number of guanidine groups is 1. The summed E-state index contributed by atoms with van der Waals surface area (Å²) >= 11 is 1.77. The van der Waals surface area contributed by atoms with E-state index in [1.165, 1.54) is 9.75 Å². The molecule has 0 aliphatic rings. The number of aryl methyl sites for hydroxylation is 1. The Bertz CT molecular complexity index is 674. The first-order valence-corrected chi connectivity index (χ1v) is 8.37. The maximum absolute atomic E-state index is 9.92. The highest BCUT2D eigenvalue weighted by Gasteiger charge is 2.04. The Kier molecular flexibility index (Phi) is 8.91. The second-order valence-electron chi connectivity index (χ2n) is 5.06. The lowest BCUT2D eigenvalue weighted by molar-refractivity contribution is 0.411. The normalized spacial score (nSPS) is 10.9. The van der Waals surface area contributed by atoms with E-state index in [1.54, 1.807) is 36.6 Å². The largest absolute Gasteiger partial charge is 0.508 e. The zero-order chi connectivity index (χ0) is 16.7. The second kappa shape index (κ2) is 10.4. The van der Waals surface area contributed by atoms with Gasteiger partial charge in [0.1, 0.15) is 11.5 Å². The fourth-order valence-electron chi connectivity index (χ4n) is 2.07. The van der Waals surface area contributed by atoms with Crippen molar-refractivity contribution in [1.82, 2.24) is 10.6 Å². The standard InChI is InChI=1S/C17H23N3O2S.HI/c1-4-18-17(20-11-15-7-5-12(2)23-15)19-10-13-9-14(22-3)6-8-16(13)21;/h5-9,21H,4,10-11H2,1-3H3,(H2,18,19,20);1H. The average molecular weight is 461 g/mol. The molecule has 132 valence electrons. The summed E-state index contributed by atoms with van der Waals surface area (Å²) in [5.74, 6) is 1.65. The number of nitrogens with one attached hydrogen (secondary N) is 2. The van der Waals surface area contributed by atoms with E-state index in [1.807, 2.05) is 6.92 Å². The van der Waals surface area contributed by atoms with Gasteiger partial charge in [0, 0.05) is 21.9 Å². The van der Waals surface area contributed by atoms with E-state index >= 15 is 0 Å². The van der Waals surface area contributed by atoms with Gasteiger partial charge in [0.2, 0.25) is 0 Å². The molecule has 1 aromatic carbocycles. The zero-order valence-electron chi connectivity index (χ0n) is 14.1. The minimum absolute atomic E-state index is 0. The first-order valence-electron chi connectivity index (χ1n) is 7.55. The van der Waals surface area contributed by atoms with Crippen LogP contribution in [0.3, 0.4) is 0 Å². The van der Waals surface area contributed by atoms with Crippen molar-refractivity contribution in [2.75, 3.05) is 13.7 Å². The highest BCUT2D eigenvalue weighted by Crippen LogP contribution is 2.23. The van der Waals surface area contributed by atoms with Crippen molar-refractivity contribution in [3.8, 4) is 11.5 Å². The highest BCUT2D eigenvalue weighted by molar-refractivity contribution is 14.0. The number of hydrogen-bond acceptors (Lipinski definition) is 4. The predicted octanol–water partition coefficient (Wildman–Crippen LogP) is 3.64. The van der Waals surface area contributed by atoms with E-state index in [0.717, 1.165) is 24.6 Å². The molecule has 3 N–H and O–H groups in total. The minimum atomic E-state index is 0. The number of rotatable bonds is 6. The third-order valence-electron chi connectivity index (χ3n) is 3.26. The molecule has 1 heterocycles. The van der Waals surface area contributed by atoms with Crippen LogP contribution >= 0.6 is 35.3 Å². The van der Waals surface area contributed by atoms with E-state index in [4.69, 9.17) is 4.74 Å². The fraction of sp³-hybridized carbons (Fsp3) is 0.353. The van der Waals surface area contributed by atoms with Crippen molar-refractivity contribution in [3.05, 3.63) is 45.6 Å². The summed E-state index contributed by atoms with van der Waals surface area (Å²) in [5, 5.41) is 16.4. The second-order valence-corrected chi connectivity index (χ2v) is 6.43. The summed E-state index contributed by atoms with van der Waals surface area (Å²) < 4.78 is 5.18. The first-order chi connectivity index (χ1) is 11.1. The summed E-state index contributed by atoms with van der Waals surface area (Å²) in [4.78, 5) is 7.08. The lowest BCUT2D eigenvalue weighted by Crippen LogP contribution is -2.36. The van der Waals surface area contributed by atoms with Crippen LogP contribution in [0.2, 0.25) is 0 Å². The predicted molar refractivity (Wildman–Crippen MR) is 111 cm³/mol. The number of phenols is 1. The number of ether oxygens (including phenoxy) is 1. The monoisotopic (exact) mass is 461 g/mol.